The van der Waals surface area contributed by atoms with E-state index in [1.165, 1.54) is 30.0 Å². The fourth-order valence-corrected chi connectivity index (χ4v) is 2.59. The zero-order valence-corrected chi connectivity index (χ0v) is 12.0. The fourth-order valence-electron chi connectivity index (χ4n) is 1.66. The van der Waals surface area contributed by atoms with Crippen molar-refractivity contribution in [2.24, 2.45) is 0 Å². The molecule has 0 aliphatic rings. The molecule has 112 valence electrons. The van der Waals surface area contributed by atoms with Gasteiger partial charge in [0.25, 0.3) is 0 Å². The molecule has 0 saturated carbocycles. The second-order valence-electron chi connectivity index (χ2n) is 4.21. The van der Waals surface area contributed by atoms with Crippen molar-refractivity contribution in [3.63, 3.8) is 0 Å². The van der Waals surface area contributed by atoms with Gasteiger partial charge in [0.2, 0.25) is 0 Å². The summed E-state index contributed by atoms with van der Waals surface area (Å²) in [5.41, 5.74) is 12.1. The number of anilines is 2. The number of benzene rings is 1. The molecule has 0 fully saturated rings. The molecule has 0 bridgehead atoms. The molecule has 0 aliphatic heterocycles. The number of hydrogen-bond acceptors (Lipinski definition) is 6. The van der Waals surface area contributed by atoms with Crippen LogP contribution in [0, 0.1) is 0 Å². The first-order valence-electron chi connectivity index (χ1n) is 6.05. The summed E-state index contributed by atoms with van der Waals surface area (Å²) in [5, 5.41) is 0.472. The minimum absolute atomic E-state index is 0.00630. The third-order valence-electron chi connectivity index (χ3n) is 2.60. The van der Waals surface area contributed by atoms with E-state index in [0.717, 1.165) is 5.56 Å². The Hall–Kier alpha value is -2.09. The summed E-state index contributed by atoms with van der Waals surface area (Å²) >= 11 is 1.37. The Morgan fingerprint density at radius 3 is 2.19 bits per heavy atom. The number of hydrogen-bond donors (Lipinski definition) is 2. The lowest BCUT2D eigenvalue weighted by atomic mass is 10.2. The number of rotatable bonds is 5. The molecule has 0 radical (unpaired) electrons. The van der Waals surface area contributed by atoms with Gasteiger partial charge in [0.15, 0.2) is 5.16 Å². The van der Waals surface area contributed by atoms with Crippen LogP contribution in [0.5, 0.6) is 5.75 Å². The van der Waals surface area contributed by atoms with Crippen LogP contribution in [0.3, 0.4) is 0 Å². The van der Waals surface area contributed by atoms with Crippen LogP contribution in [-0.4, -0.2) is 16.6 Å². The molecule has 0 saturated heterocycles. The molecule has 21 heavy (non-hydrogen) atoms. The Kier molecular flexibility index (Phi) is 4.79. The maximum Gasteiger partial charge on any atom is 0.387 e. The van der Waals surface area contributed by atoms with Crippen molar-refractivity contribution in [1.82, 2.24) is 9.97 Å². The van der Waals surface area contributed by atoms with E-state index in [-0.39, 0.29) is 11.0 Å². The van der Waals surface area contributed by atoms with Gasteiger partial charge in [-0.05, 0) is 24.6 Å². The van der Waals surface area contributed by atoms with E-state index in [9.17, 15) is 8.78 Å². The van der Waals surface area contributed by atoms with E-state index in [0.29, 0.717) is 16.8 Å². The molecule has 2 aromatic rings. The van der Waals surface area contributed by atoms with Crippen LogP contribution in [0.25, 0.3) is 0 Å². The van der Waals surface area contributed by atoms with Crippen molar-refractivity contribution in [3.05, 3.63) is 35.9 Å². The number of thioether (sulfide) groups is 1. The normalized spacial score (nSPS) is 12.4. The van der Waals surface area contributed by atoms with E-state index in [4.69, 9.17) is 11.5 Å². The number of alkyl halides is 2. The van der Waals surface area contributed by atoms with Gasteiger partial charge in [0.05, 0.1) is 0 Å². The second kappa shape index (κ2) is 6.57. The molecule has 0 amide bonds. The molecule has 4 N–H and O–H groups in total. The lowest BCUT2D eigenvalue weighted by Gasteiger charge is -2.12. The van der Waals surface area contributed by atoms with Crippen LogP contribution in [0.1, 0.15) is 17.7 Å². The van der Waals surface area contributed by atoms with Crippen LogP contribution in [-0.2, 0) is 0 Å². The topological polar surface area (TPSA) is 87.0 Å². The lowest BCUT2D eigenvalue weighted by Crippen LogP contribution is -2.02. The largest absolute Gasteiger partial charge is 0.435 e. The van der Waals surface area contributed by atoms with Gasteiger partial charge >= 0.3 is 6.61 Å². The Bertz CT molecular complexity index is 589. The molecule has 5 nitrogen and oxygen atoms in total. The molecule has 1 atom stereocenters. The van der Waals surface area contributed by atoms with Crippen LogP contribution >= 0.6 is 11.8 Å². The predicted octanol–water partition coefficient (Wildman–Crippen LogP) is 3.10. The van der Waals surface area contributed by atoms with Gasteiger partial charge in [-0.25, -0.2) is 9.97 Å². The summed E-state index contributed by atoms with van der Waals surface area (Å²) in [6.07, 6.45) is 0. The summed E-state index contributed by atoms with van der Waals surface area (Å²) < 4.78 is 28.5. The van der Waals surface area contributed by atoms with E-state index < -0.39 is 6.61 Å². The molecule has 1 aromatic carbocycles. The summed E-state index contributed by atoms with van der Waals surface area (Å²) in [5.74, 6) is 0.728. The SMILES string of the molecule is C[C@H](Sc1nc(N)cc(N)n1)c1ccc(OC(F)F)cc1. The Morgan fingerprint density at radius 2 is 1.67 bits per heavy atom. The first-order chi connectivity index (χ1) is 9.94. The zero-order valence-electron chi connectivity index (χ0n) is 11.2. The number of nitrogens with two attached hydrogens (primary N) is 2. The summed E-state index contributed by atoms with van der Waals surface area (Å²) in [4.78, 5) is 8.16. The molecule has 0 spiro atoms. The van der Waals surface area contributed by atoms with Gasteiger partial charge in [-0.3, -0.25) is 0 Å². The molecule has 0 aliphatic carbocycles. The van der Waals surface area contributed by atoms with Crippen molar-refractivity contribution in [1.29, 1.82) is 0 Å². The zero-order chi connectivity index (χ0) is 15.4. The molecule has 1 aromatic heterocycles. The molecule has 8 heteroatoms. The van der Waals surface area contributed by atoms with Crippen molar-refractivity contribution in [2.45, 2.75) is 23.9 Å². The Balaban J connectivity index is 2.07. The van der Waals surface area contributed by atoms with E-state index in [1.54, 1.807) is 12.1 Å². The average molecular weight is 312 g/mol. The summed E-state index contributed by atoms with van der Waals surface area (Å²) in [7, 11) is 0. The number of aromatic nitrogens is 2. The molecule has 1 heterocycles. The lowest BCUT2D eigenvalue weighted by molar-refractivity contribution is -0.0498. The first-order valence-corrected chi connectivity index (χ1v) is 6.93. The maximum atomic E-state index is 12.1. The minimum Gasteiger partial charge on any atom is -0.435 e. The van der Waals surface area contributed by atoms with Crippen molar-refractivity contribution < 1.29 is 13.5 Å². The van der Waals surface area contributed by atoms with Crippen LogP contribution in [0.2, 0.25) is 0 Å². The molecular formula is C13H14F2N4OS. The number of nitrogens with zero attached hydrogens (tertiary/aromatic N) is 2. The second-order valence-corrected chi connectivity index (χ2v) is 5.52. The van der Waals surface area contributed by atoms with Gasteiger partial charge in [-0.1, -0.05) is 23.9 Å². The first kappa shape index (κ1) is 15.3. The number of nitrogen functional groups attached to an aromatic ring is 2. The average Bonchev–Trinajstić information content (AvgIpc) is 2.37. The number of ether oxygens (including phenoxy) is 1. The predicted molar refractivity (Wildman–Crippen MR) is 78.2 cm³/mol. The molecule has 0 unspecified atom stereocenters. The Morgan fingerprint density at radius 1 is 1.10 bits per heavy atom. The van der Waals surface area contributed by atoms with Gasteiger partial charge in [-0.15, -0.1) is 0 Å². The highest BCUT2D eigenvalue weighted by molar-refractivity contribution is 7.99. The van der Waals surface area contributed by atoms with Gasteiger partial charge in [0, 0.05) is 11.3 Å². The highest BCUT2D eigenvalue weighted by Crippen LogP contribution is 2.34. The quantitative estimate of drug-likeness (QED) is 0.651. The highest BCUT2D eigenvalue weighted by Gasteiger charge is 2.11. The van der Waals surface area contributed by atoms with Crippen molar-refractivity contribution >= 4 is 23.4 Å². The van der Waals surface area contributed by atoms with E-state index in [1.807, 2.05) is 6.92 Å². The van der Waals surface area contributed by atoms with Gasteiger partial charge < -0.3 is 16.2 Å². The number of halogens is 2. The van der Waals surface area contributed by atoms with Crippen molar-refractivity contribution in [2.75, 3.05) is 11.5 Å². The third-order valence-corrected chi connectivity index (χ3v) is 3.62. The third kappa shape index (κ3) is 4.45. The Labute approximate surface area is 124 Å². The molecule has 2 rings (SSSR count). The standard InChI is InChI=1S/C13H14F2N4OS/c1-7(21-13-18-10(16)6-11(17)19-13)8-2-4-9(5-3-8)20-12(14)15/h2-7,12H,1H3,(H4,16,17,18,19)/t7-/m0/s1. The fraction of sp³-hybridized carbons (Fsp3) is 0.231. The summed E-state index contributed by atoms with van der Waals surface area (Å²) in [6, 6.07) is 7.89. The van der Waals surface area contributed by atoms with Gasteiger partial charge in [-0.2, -0.15) is 8.78 Å². The van der Waals surface area contributed by atoms with Crippen LogP contribution in [0.15, 0.2) is 35.5 Å². The summed E-state index contributed by atoms with van der Waals surface area (Å²) in [6.45, 7) is -0.887. The monoisotopic (exact) mass is 312 g/mol. The van der Waals surface area contributed by atoms with E-state index in [2.05, 4.69) is 14.7 Å². The maximum absolute atomic E-state index is 12.1. The smallest absolute Gasteiger partial charge is 0.387 e. The highest BCUT2D eigenvalue weighted by atomic mass is 32.2. The van der Waals surface area contributed by atoms with E-state index >= 15 is 0 Å². The van der Waals surface area contributed by atoms with Gasteiger partial charge in [0.1, 0.15) is 17.4 Å². The minimum atomic E-state index is -2.83. The van der Waals surface area contributed by atoms with Crippen LogP contribution < -0.4 is 16.2 Å². The molecular weight excluding hydrogens is 298 g/mol. The van der Waals surface area contributed by atoms with Crippen molar-refractivity contribution in [3.8, 4) is 5.75 Å². The van der Waals surface area contributed by atoms with Crippen LogP contribution in [0.4, 0.5) is 20.4 Å².